The van der Waals surface area contributed by atoms with Crippen molar-refractivity contribution >= 4 is 5.91 Å². The molecule has 1 aromatic carbocycles. The number of benzene rings is 1. The van der Waals surface area contributed by atoms with Crippen molar-refractivity contribution in [2.45, 2.75) is 44.2 Å². The van der Waals surface area contributed by atoms with E-state index in [0.29, 0.717) is 13.0 Å². The minimum absolute atomic E-state index is 0.142. The highest BCUT2D eigenvalue weighted by atomic mass is 16.3. The smallest absolute Gasteiger partial charge is 0.237 e. The number of aromatic hydroxyl groups is 1. The first-order valence-electron chi connectivity index (χ1n) is 7.55. The molecule has 0 bridgehead atoms. The Labute approximate surface area is 125 Å². The zero-order valence-corrected chi connectivity index (χ0v) is 12.2. The minimum atomic E-state index is -0.615. The van der Waals surface area contributed by atoms with Gasteiger partial charge in [0.2, 0.25) is 5.91 Å². The summed E-state index contributed by atoms with van der Waals surface area (Å²) in [6.07, 6.45) is 4.06. The average Bonchev–Trinajstić information content (AvgIpc) is 2.48. The number of nitrogens with two attached hydrogens (primary N) is 1. The number of hydrogen-bond acceptors (Lipinski definition) is 4. The predicted octanol–water partition coefficient (Wildman–Crippen LogP) is 0.929. The van der Waals surface area contributed by atoms with Gasteiger partial charge in [0.1, 0.15) is 5.75 Å². The molecule has 3 atom stereocenters. The van der Waals surface area contributed by atoms with Crippen LogP contribution in [-0.2, 0) is 11.2 Å². The van der Waals surface area contributed by atoms with Crippen LogP contribution in [0.2, 0.25) is 0 Å². The van der Waals surface area contributed by atoms with Crippen molar-refractivity contribution in [3.05, 3.63) is 29.8 Å². The molecule has 1 amide bonds. The Kier molecular flexibility index (Phi) is 5.59. The van der Waals surface area contributed by atoms with Crippen molar-refractivity contribution in [3.63, 3.8) is 0 Å². The molecule has 1 aromatic rings. The summed E-state index contributed by atoms with van der Waals surface area (Å²) in [7, 11) is 0. The van der Waals surface area contributed by atoms with Gasteiger partial charge in [0.15, 0.2) is 0 Å². The summed E-state index contributed by atoms with van der Waals surface area (Å²) in [6.45, 7) is 0.489. The number of aliphatic hydroxyl groups excluding tert-OH is 1. The lowest BCUT2D eigenvalue weighted by Crippen LogP contribution is -2.45. The normalized spacial score (nSPS) is 23.5. The summed E-state index contributed by atoms with van der Waals surface area (Å²) in [4.78, 5) is 12.0. The molecule has 116 valence electrons. The van der Waals surface area contributed by atoms with Gasteiger partial charge in [0, 0.05) is 12.5 Å². The molecule has 3 unspecified atom stereocenters. The van der Waals surface area contributed by atoms with E-state index >= 15 is 0 Å². The molecule has 21 heavy (non-hydrogen) atoms. The summed E-state index contributed by atoms with van der Waals surface area (Å²) in [5.74, 6) is 0.146. The highest BCUT2D eigenvalue weighted by Gasteiger charge is 2.24. The molecule has 0 radical (unpaired) electrons. The predicted molar refractivity (Wildman–Crippen MR) is 80.8 cm³/mol. The second-order valence-electron chi connectivity index (χ2n) is 5.83. The van der Waals surface area contributed by atoms with Crippen LogP contribution in [0.15, 0.2) is 24.3 Å². The molecule has 0 saturated heterocycles. The monoisotopic (exact) mass is 292 g/mol. The van der Waals surface area contributed by atoms with Crippen molar-refractivity contribution < 1.29 is 15.0 Å². The SMILES string of the molecule is NC(Cc1ccc(O)cc1)C(=O)NCC1CCCCC1O. The molecule has 0 aromatic heterocycles. The number of nitrogens with one attached hydrogen (secondary N) is 1. The Morgan fingerprint density at radius 3 is 2.62 bits per heavy atom. The van der Waals surface area contributed by atoms with Gasteiger partial charge < -0.3 is 21.3 Å². The maximum atomic E-state index is 12.0. The third kappa shape index (κ3) is 4.72. The molecule has 5 N–H and O–H groups in total. The lowest BCUT2D eigenvalue weighted by Gasteiger charge is -2.28. The van der Waals surface area contributed by atoms with E-state index < -0.39 is 6.04 Å². The van der Waals surface area contributed by atoms with Gasteiger partial charge in [-0.25, -0.2) is 0 Å². The maximum absolute atomic E-state index is 12.0. The van der Waals surface area contributed by atoms with Gasteiger partial charge in [-0.15, -0.1) is 0 Å². The number of rotatable bonds is 5. The molecule has 1 saturated carbocycles. The number of hydrogen-bond donors (Lipinski definition) is 4. The van der Waals surface area contributed by atoms with Crippen LogP contribution in [0.1, 0.15) is 31.2 Å². The number of amides is 1. The van der Waals surface area contributed by atoms with Crippen molar-refractivity contribution in [2.24, 2.45) is 11.7 Å². The lowest BCUT2D eigenvalue weighted by molar-refractivity contribution is -0.122. The van der Waals surface area contributed by atoms with Crippen LogP contribution in [0.3, 0.4) is 0 Å². The largest absolute Gasteiger partial charge is 0.508 e. The van der Waals surface area contributed by atoms with E-state index in [2.05, 4.69) is 5.32 Å². The lowest BCUT2D eigenvalue weighted by atomic mass is 9.86. The summed E-state index contributed by atoms with van der Waals surface area (Å²) in [5, 5.41) is 21.9. The van der Waals surface area contributed by atoms with Crippen molar-refractivity contribution in [1.29, 1.82) is 0 Å². The Bertz CT molecular complexity index is 461. The first-order chi connectivity index (χ1) is 10.1. The van der Waals surface area contributed by atoms with E-state index in [4.69, 9.17) is 5.73 Å². The summed E-state index contributed by atoms with van der Waals surface area (Å²) in [5.41, 5.74) is 6.81. The highest BCUT2D eigenvalue weighted by Crippen LogP contribution is 2.23. The van der Waals surface area contributed by atoms with E-state index in [1.54, 1.807) is 24.3 Å². The number of phenolic OH excluding ortho intramolecular Hbond substituents is 1. The fraction of sp³-hybridized carbons (Fsp3) is 0.562. The van der Waals surface area contributed by atoms with E-state index in [1.807, 2.05) is 0 Å². The number of phenols is 1. The molecule has 1 fully saturated rings. The van der Waals surface area contributed by atoms with Crippen LogP contribution in [0.25, 0.3) is 0 Å². The van der Waals surface area contributed by atoms with Crippen LogP contribution >= 0.6 is 0 Å². The Morgan fingerprint density at radius 1 is 1.29 bits per heavy atom. The van der Waals surface area contributed by atoms with Gasteiger partial charge >= 0.3 is 0 Å². The topological polar surface area (TPSA) is 95.6 Å². The fourth-order valence-electron chi connectivity index (χ4n) is 2.77. The van der Waals surface area contributed by atoms with Gasteiger partial charge in [-0.2, -0.15) is 0 Å². The first-order valence-corrected chi connectivity index (χ1v) is 7.55. The van der Waals surface area contributed by atoms with E-state index in [-0.39, 0.29) is 23.7 Å². The standard InChI is InChI=1S/C16H24N2O3/c17-14(9-11-5-7-13(19)8-6-11)16(21)18-10-12-3-1-2-4-15(12)20/h5-8,12,14-15,19-20H,1-4,9-10,17H2,(H,18,21). The average molecular weight is 292 g/mol. The third-order valence-electron chi connectivity index (χ3n) is 4.14. The van der Waals surface area contributed by atoms with Crippen LogP contribution in [-0.4, -0.2) is 34.8 Å². The Morgan fingerprint density at radius 2 is 1.95 bits per heavy atom. The number of carbonyl (C=O) groups is 1. The summed E-state index contributed by atoms with van der Waals surface area (Å²) in [6, 6.07) is 6.06. The minimum Gasteiger partial charge on any atom is -0.508 e. The highest BCUT2D eigenvalue weighted by molar-refractivity contribution is 5.81. The maximum Gasteiger partial charge on any atom is 0.237 e. The second kappa shape index (κ2) is 7.43. The first kappa shape index (κ1) is 15.8. The zero-order chi connectivity index (χ0) is 15.2. The van der Waals surface area contributed by atoms with Crippen LogP contribution in [0.4, 0.5) is 0 Å². The van der Waals surface area contributed by atoms with Gasteiger partial charge in [0.05, 0.1) is 12.1 Å². The number of aliphatic hydroxyl groups is 1. The zero-order valence-electron chi connectivity index (χ0n) is 12.2. The van der Waals surface area contributed by atoms with Gasteiger partial charge in [-0.05, 0) is 37.0 Å². The quantitative estimate of drug-likeness (QED) is 0.649. The molecule has 5 heteroatoms. The van der Waals surface area contributed by atoms with Gasteiger partial charge in [-0.1, -0.05) is 25.0 Å². The van der Waals surface area contributed by atoms with Crippen LogP contribution in [0.5, 0.6) is 5.75 Å². The molecule has 1 aliphatic rings. The Hall–Kier alpha value is -1.59. The molecule has 0 aliphatic heterocycles. The van der Waals surface area contributed by atoms with Crippen LogP contribution in [0, 0.1) is 5.92 Å². The molecule has 5 nitrogen and oxygen atoms in total. The van der Waals surface area contributed by atoms with Crippen molar-refractivity contribution in [3.8, 4) is 5.75 Å². The second-order valence-corrected chi connectivity index (χ2v) is 5.83. The molecule has 1 aliphatic carbocycles. The third-order valence-corrected chi connectivity index (χ3v) is 4.14. The van der Waals surface area contributed by atoms with E-state index in [1.165, 1.54) is 0 Å². The van der Waals surface area contributed by atoms with Crippen molar-refractivity contribution in [2.75, 3.05) is 6.54 Å². The summed E-state index contributed by atoms with van der Waals surface area (Å²) >= 11 is 0. The van der Waals surface area contributed by atoms with E-state index in [9.17, 15) is 15.0 Å². The van der Waals surface area contributed by atoms with Crippen LogP contribution < -0.4 is 11.1 Å². The van der Waals surface area contributed by atoms with E-state index in [0.717, 1.165) is 31.2 Å². The molecule has 0 spiro atoms. The Balaban J connectivity index is 1.78. The molecule has 2 rings (SSSR count). The molecular weight excluding hydrogens is 268 g/mol. The number of carbonyl (C=O) groups excluding carboxylic acids is 1. The summed E-state index contributed by atoms with van der Waals surface area (Å²) < 4.78 is 0. The van der Waals surface area contributed by atoms with Gasteiger partial charge in [0.25, 0.3) is 0 Å². The molecule has 0 heterocycles. The fourth-order valence-corrected chi connectivity index (χ4v) is 2.77. The molecular formula is C16H24N2O3. The van der Waals surface area contributed by atoms with Gasteiger partial charge in [-0.3, -0.25) is 4.79 Å². The van der Waals surface area contributed by atoms with Crippen molar-refractivity contribution in [1.82, 2.24) is 5.32 Å².